The number of nitrogen functional groups attached to an aromatic ring is 2. The highest BCUT2D eigenvalue weighted by atomic mass is 32.1. The molecule has 12 aromatic rings. The number of amides is 2. The molecule has 22 heteroatoms. The molecule has 0 spiro atoms. The van der Waals surface area contributed by atoms with E-state index in [9.17, 15) is 9.59 Å². The average Bonchev–Trinajstić information content (AvgIpc) is 1.09. The summed E-state index contributed by atoms with van der Waals surface area (Å²) in [5.74, 6) is 0.554. The van der Waals surface area contributed by atoms with Crippen molar-refractivity contribution >= 4 is 219 Å². The molecule has 5 aliphatic heterocycles. The number of allylic oxidation sites excluding steroid dienone is 15. The molecule has 20 rings (SSSR count). The molecule has 10 heterocycles. The molecule has 142 heavy (non-hydrogen) atoms. The van der Waals surface area contributed by atoms with Crippen LogP contribution in [-0.4, -0.2) is 167 Å². The third kappa shape index (κ3) is 19.5. The Hall–Kier alpha value is -11.8. The van der Waals surface area contributed by atoms with Gasteiger partial charge in [0.25, 0.3) is 0 Å². The van der Waals surface area contributed by atoms with Crippen LogP contribution < -0.4 is 73.1 Å². The molecule has 0 fully saturated rings. The Morgan fingerprint density at radius 1 is 0.359 bits per heavy atom. The molecule has 0 saturated carbocycles. The van der Waals surface area contributed by atoms with E-state index in [4.69, 9.17) is 11.5 Å². The first-order valence-electron chi connectivity index (χ1n) is 49.0. The number of thiophene rings is 5. The number of carbonyl (C=O) groups is 2. The number of nitrogens with one attached hydrogen (secondary N) is 2. The Morgan fingerprint density at radius 3 is 0.951 bits per heavy atom. The molecule has 6 N–H and O–H groups in total. The second-order valence-electron chi connectivity index (χ2n) is 42.3. The molecule has 728 valence electrons. The summed E-state index contributed by atoms with van der Waals surface area (Å²) in [7, 11) is 11.6. The minimum absolute atomic E-state index is 0.0335. The van der Waals surface area contributed by atoms with Crippen LogP contribution in [0.5, 0.6) is 0 Å². The lowest BCUT2D eigenvalue weighted by Gasteiger charge is -2.40. The summed E-state index contributed by atoms with van der Waals surface area (Å²) in [6, 6.07) is 58.4. The average molecular weight is 2050 g/mol. The number of rotatable bonds is 14. The molecule has 12 nitrogen and oxygen atoms in total. The van der Waals surface area contributed by atoms with Crippen LogP contribution in [0.25, 0.3) is 16.7 Å². The van der Waals surface area contributed by atoms with Gasteiger partial charge in [-0.25, -0.2) is 13.7 Å². The highest BCUT2D eigenvalue weighted by Crippen LogP contribution is 2.50. The summed E-state index contributed by atoms with van der Waals surface area (Å²) in [5, 5.41) is 31.7. The number of fused-ring (bicyclic) bond motifs is 10. The molecular weight excluding hydrogens is 1910 g/mol. The van der Waals surface area contributed by atoms with Gasteiger partial charge in [0.05, 0.1) is 0 Å². The van der Waals surface area contributed by atoms with E-state index in [0.717, 1.165) is 35.8 Å². The van der Waals surface area contributed by atoms with Gasteiger partial charge < -0.3 is 36.8 Å². The number of anilines is 7. The standard InChI is InChI=1S/C28H34N2SSi.2C24H26N2OSSi.C22H26N2SSi.C22H24N2SSi/c1-8-15-30(16-9-2)22-11-13-24-26(19-22)32(6,7)25-18-21(29(4)5)10-12-23(25)27(24)28-20(3)14-17-31-28;2*1-15-11-12-28-24(15)23-19-9-7-17(25-16(2)27)13-21(19)29(5,6)22-14-18(26(3)4)8-10-20(22)23;2*1-14-10-11-25-22(14)21-17-8-6-15(23)12-19(17)26(4,5)20-13-16(24(2)3)7-9-18(20)21/h8-14,17-19,27H,1-2,15-16H2,3-7H3;2*7-14H,1-6H3;6-13,21H,23H2,1-5H3;6-13,23H,1-5H3/p+3. The molecule has 8 aliphatic rings. The lowest BCUT2D eigenvalue weighted by molar-refractivity contribution is -0.462. The second kappa shape index (κ2) is 40.8. The third-order valence-electron chi connectivity index (χ3n) is 29.8. The van der Waals surface area contributed by atoms with Gasteiger partial charge in [0.2, 0.25) is 11.8 Å². The van der Waals surface area contributed by atoms with Crippen molar-refractivity contribution in [3.8, 4) is 0 Å². The Morgan fingerprint density at radius 2 is 0.648 bits per heavy atom. The summed E-state index contributed by atoms with van der Waals surface area (Å²) in [5.41, 5.74) is 48.2. The number of hydrogen-bond donors (Lipinski definition) is 4. The Labute approximate surface area is 868 Å². The predicted octanol–water partition coefficient (Wildman–Crippen LogP) is 22.7. The monoisotopic (exact) mass is 2050 g/mol. The summed E-state index contributed by atoms with van der Waals surface area (Å²) >= 11 is 9.21. The Kier molecular flexibility index (Phi) is 29.6. The molecule has 2 unspecified atom stereocenters. The summed E-state index contributed by atoms with van der Waals surface area (Å²) < 4.78 is 6.53. The van der Waals surface area contributed by atoms with Gasteiger partial charge in [-0.1, -0.05) is 120 Å². The number of benzene rings is 7. The number of carbonyl (C=O) groups excluding carboxylic acids is 2. The second-order valence-corrected chi connectivity index (χ2v) is 68.6. The maximum atomic E-state index is 11.6. The van der Waals surface area contributed by atoms with E-state index in [0.29, 0.717) is 11.8 Å². The predicted molar refractivity (Wildman–Crippen MR) is 637 cm³/mol. The topological polar surface area (TPSA) is 129 Å². The highest BCUT2D eigenvalue weighted by molar-refractivity contribution is 7.13. The molecule has 0 saturated heterocycles. The Bertz CT molecular complexity index is 7360. The van der Waals surface area contributed by atoms with Gasteiger partial charge in [-0.2, -0.15) is 0 Å². The van der Waals surface area contributed by atoms with Crippen LogP contribution in [0.2, 0.25) is 65.5 Å². The first-order chi connectivity index (χ1) is 67.3. The fourth-order valence-electron chi connectivity index (χ4n) is 21.8. The van der Waals surface area contributed by atoms with Gasteiger partial charge in [0.1, 0.15) is 82.7 Å². The third-order valence-corrected chi connectivity index (χ3v) is 52.7. The van der Waals surface area contributed by atoms with Crippen LogP contribution in [0.3, 0.4) is 0 Å². The van der Waals surface area contributed by atoms with Crippen molar-refractivity contribution in [1.82, 2.24) is 0 Å². The van der Waals surface area contributed by atoms with Crippen LogP contribution in [0.15, 0.2) is 297 Å². The van der Waals surface area contributed by atoms with E-state index in [1.807, 2.05) is 64.4 Å². The van der Waals surface area contributed by atoms with E-state index in [-0.39, 0.29) is 11.8 Å². The quantitative estimate of drug-likeness (QED) is 0.0369. The first-order valence-corrected chi connectivity index (χ1v) is 68.4. The van der Waals surface area contributed by atoms with E-state index >= 15 is 0 Å². The molecule has 3 aliphatic carbocycles. The van der Waals surface area contributed by atoms with E-state index < -0.39 is 40.4 Å². The van der Waals surface area contributed by atoms with Crippen LogP contribution in [0, 0.1) is 34.6 Å². The smallest absolute Gasteiger partial charge is 0.221 e. The lowest BCUT2D eigenvalue weighted by atomic mass is 9.87. The number of hydrogen-bond acceptors (Lipinski definition) is 12. The van der Waals surface area contributed by atoms with Crippen molar-refractivity contribution < 1.29 is 23.3 Å². The molecule has 0 bridgehead atoms. The number of nitrogens with two attached hydrogens (primary N) is 2. The fraction of sp³-hybridized carbons (Fsp3) is 0.258. The minimum atomic E-state index is -1.96. The number of aryl methyl sites for hydroxylation is 5. The van der Waals surface area contributed by atoms with Crippen LogP contribution in [0.1, 0.15) is 117 Å². The van der Waals surface area contributed by atoms with Gasteiger partial charge in [-0.3, -0.25) is 9.59 Å². The molecule has 5 aromatic heterocycles. The minimum Gasteiger partial charge on any atom is -0.399 e. The zero-order chi connectivity index (χ0) is 102. The SMILES string of the molecule is C=CCN(CC=C)c1ccc2c(c1)[Si](C)(C)c1cc(N(C)C)ccc1C2c1sccc1C.CC(=O)Nc1ccc2c(c1)[Si](C)(C)C1=CC(=[N+](C)C)C=CC1=C2c1sccc1C.CC(=O)Nc1ccc2c(c1)[Si](C)(C)C1=CC(=[N+](C)C)C=CC1=C2c1sccc1C.Cc1ccsc1C1=C2C=CC(=[N+](C)C)C=C2[Si](C)(C)c2cc(N)ccc21.Cc1ccsc1C1c2ccc(N)cc2[Si](C)(C)c2cc(N(C)C)ccc21. The summed E-state index contributed by atoms with van der Waals surface area (Å²) in [6.45, 7) is 48.3. The maximum absolute atomic E-state index is 11.6. The van der Waals surface area contributed by atoms with Crippen LogP contribution in [-0.2, 0) is 9.59 Å². The van der Waals surface area contributed by atoms with Gasteiger partial charge in [0.15, 0.2) is 17.1 Å². The molecular formula is C120H139N10O2S5Si5+3. The van der Waals surface area contributed by atoms with Crippen molar-refractivity contribution in [3.05, 3.63) is 388 Å². The summed E-state index contributed by atoms with van der Waals surface area (Å²) in [6.07, 6.45) is 24.7. The van der Waals surface area contributed by atoms with Gasteiger partial charge in [0, 0.05) is 184 Å². The van der Waals surface area contributed by atoms with Gasteiger partial charge in [-0.05, 0) is 330 Å². The molecule has 7 aromatic carbocycles. The number of nitrogens with zero attached hydrogens (tertiary/aromatic N) is 6. The fourth-order valence-corrected chi connectivity index (χ4v) is 42.6. The zero-order valence-corrected chi connectivity index (χ0v) is 97.0. The molecule has 2 amide bonds. The molecule has 0 radical (unpaired) electrons. The normalized spacial score (nSPS) is 17.0. The zero-order valence-electron chi connectivity index (χ0n) is 87.9. The van der Waals surface area contributed by atoms with Crippen molar-refractivity contribution in [2.75, 3.05) is 120 Å². The van der Waals surface area contributed by atoms with Gasteiger partial charge >= 0.3 is 0 Å². The van der Waals surface area contributed by atoms with Crippen molar-refractivity contribution in [2.24, 2.45) is 0 Å². The van der Waals surface area contributed by atoms with Crippen LogP contribution >= 0.6 is 56.7 Å². The van der Waals surface area contributed by atoms with Crippen molar-refractivity contribution in [3.63, 3.8) is 0 Å². The Balaban J connectivity index is 0.000000128. The largest absolute Gasteiger partial charge is 0.399 e. The maximum Gasteiger partial charge on any atom is 0.221 e. The van der Waals surface area contributed by atoms with Crippen molar-refractivity contribution in [1.29, 1.82) is 0 Å². The van der Waals surface area contributed by atoms with E-state index in [2.05, 4.69) is 444 Å². The highest BCUT2D eigenvalue weighted by Gasteiger charge is 2.48. The summed E-state index contributed by atoms with van der Waals surface area (Å²) in [4.78, 5) is 37.0. The van der Waals surface area contributed by atoms with Gasteiger partial charge in [-0.15, -0.1) is 69.8 Å². The molecule has 2 atom stereocenters. The first kappa shape index (κ1) is 103. The van der Waals surface area contributed by atoms with Crippen LogP contribution in [0.4, 0.5) is 39.8 Å². The lowest BCUT2D eigenvalue weighted by Crippen LogP contribution is -2.59. The van der Waals surface area contributed by atoms with E-state index in [1.165, 1.54) is 195 Å². The van der Waals surface area contributed by atoms with E-state index in [1.54, 1.807) is 52.1 Å². The van der Waals surface area contributed by atoms with Crippen molar-refractivity contribution in [2.45, 2.75) is 126 Å².